The second-order valence-electron chi connectivity index (χ2n) is 4.75. The van der Waals surface area contributed by atoms with Gasteiger partial charge in [0, 0.05) is 17.3 Å². The topological polar surface area (TPSA) is 78.0 Å². The van der Waals surface area contributed by atoms with Crippen LogP contribution in [0.25, 0.3) is 11.3 Å². The Morgan fingerprint density at radius 3 is 2.18 bits per heavy atom. The van der Waals surface area contributed by atoms with Crippen molar-refractivity contribution < 1.29 is 4.79 Å². The monoisotopic (exact) mass is 291 g/mol. The van der Waals surface area contributed by atoms with Crippen LogP contribution in [0.3, 0.4) is 0 Å². The standard InChI is InChI=1S/C17H13N3O2/c18-20-11-14(16(21)13-9-5-2-6-10-13)15(19-17(20)22)12-7-3-1-4-8-12/h1-11H,18H2. The fourth-order valence-corrected chi connectivity index (χ4v) is 2.20. The predicted octanol–water partition coefficient (Wildman–Crippen LogP) is 1.86. The second kappa shape index (κ2) is 5.65. The van der Waals surface area contributed by atoms with Gasteiger partial charge in [0.1, 0.15) is 0 Å². The highest BCUT2D eigenvalue weighted by Crippen LogP contribution is 2.22. The average Bonchev–Trinajstić information content (AvgIpc) is 2.58. The second-order valence-corrected chi connectivity index (χ2v) is 4.75. The van der Waals surface area contributed by atoms with Gasteiger partial charge in [0.2, 0.25) is 0 Å². The molecule has 108 valence electrons. The van der Waals surface area contributed by atoms with Crippen molar-refractivity contribution in [2.45, 2.75) is 0 Å². The Bertz CT molecular complexity index is 871. The lowest BCUT2D eigenvalue weighted by Crippen LogP contribution is -2.31. The van der Waals surface area contributed by atoms with Crippen LogP contribution in [0.2, 0.25) is 0 Å². The third-order valence-corrected chi connectivity index (χ3v) is 3.28. The molecule has 2 aromatic carbocycles. The van der Waals surface area contributed by atoms with E-state index in [-0.39, 0.29) is 5.78 Å². The Labute approximate surface area is 126 Å². The molecule has 0 saturated carbocycles. The number of ketones is 1. The molecule has 0 bridgehead atoms. The van der Waals surface area contributed by atoms with Crippen molar-refractivity contribution in [3.63, 3.8) is 0 Å². The van der Waals surface area contributed by atoms with Gasteiger partial charge in [0.25, 0.3) is 0 Å². The van der Waals surface area contributed by atoms with Crippen LogP contribution in [0, 0.1) is 0 Å². The summed E-state index contributed by atoms with van der Waals surface area (Å²) >= 11 is 0. The Hall–Kier alpha value is -3.21. The fourth-order valence-electron chi connectivity index (χ4n) is 2.20. The Kier molecular flexibility index (Phi) is 3.53. The van der Waals surface area contributed by atoms with Gasteiger partial charge >= 0.3 is 5.69 Å². The lowest BCUT2D eigenvalue weighted by molar-refractivity contribution is 0.103. The van der Waals surface area contributed by atoms with Gasteiger partial charge in [-0.15, -0.1) is 0 Å². The van der Waals surface area contributed by atoms with E-state index in [9.17, 15) is 9.59 Å². The predicted molar refractivity (Wildman–Crippen MR) is 84.0 cm³/mol. The molecule has 0 amide bonds. The number of nitrogens with zero attached hydrogens (tertiary/aromatic N) is 2. The van der Waals surface area contributed by atoms with E-state index in [0.29, 0.717) is 22.4 Å². The van der Waals surface area contributed by atoms with Crippen LogP contribution in [0.15, 0.2) is 71.7 Å². The summed E-state index contributed by atoms with van der Waals surface area (Å²) in [5, 5.41) is 0. The summed E-state index contributed by atoms with van der Waals surface area (Å²) in [7, 11) is 0. The molecule has 0 aliphatic heterocycles. The van der Waals surface area contributed by atoms with Crippen molar-refractivity contribution in [1.82, 2.24) is 9.66 Å². The van der Waals surface area contributed by atoms with Crippen LogP contribution in [-0.2, 0) is 0 Å². The lowest BCUT2D eigenvalue weighted by Gasteiger charge is -2.09. The van der Waals surface area contributed by atoms with Crippen molar-refractivity contribution >= 4 is 5.78 Å². The van der Waals surface area contributed by atoms with Gasteiger partial charge in [-0.1, -0.05) is 60.7 Å². The first-order chi connectivity index (χ1) is 10.7. The Balaban J connectivity index is 2.21. The summed E-state index contributed by atoms with van der Waals surface area (Å²) in [4.78, 5) is 28.4. The summed E-state index contributed by atoms with van der Waals surface area (Å²) in [5.74, 6) is 5.34. The summed E-state index contributed by atoms with van der Waals surface area (Å²) in [6.45, 7) is 0. The van der Waals surface area contributed by atoms with E-state index in [2.05, 4.69) is 4.98 Å². The summed E-state index contributed by atoms with van der Waals surface area (Å²) < 4.78 is 0.822. The van der Waals surface area contributed by atoms with Crippen molar-refractivity contribution in [2.75, 3.05) is 5.84 Å². The van der Waals surface area contributed by atoms with E-state index in [4.69, 9.17) is 5.84 Å². The molecule has 0 atom stereocenters. The van der Waals surface area contributed by atoms with Crippen LogP contribution in [-0.4, -0.2) is 15.4 Å². The van der Waals surface area contributed by atoms with E-state index in [1.54, 1.807) is 36.4 Å². The zero-order chi connectivity index (χ0) is 15.5. The average molecular weight is 291 g/mol. The Morgan fingerprint density at radius 1 is 0.955 bits per heavy atom. The van der Waals surface area contributed by atoms with Crippen LogP contribution >= 0.6 is 0 Å². The number of aromatic nitrogens is 2. The summed E-state index contributed by atoms with van der Waals surface area (Å²) in [5.41, 5.74) is 1.23. The van der Waals surface area contributed by atoms with Gasteiger partial charge in [-0.05, 0) is 0 Å². The summed E-state index contributed by atoms with van der Waals surface area (Å²) in [6, 6.07) is 17.9. The van der Waals surface area contributed by atoms with Gasteiger partial charge in [-0.3, -0.25) is 4.79 Å². The summed E-state index contributed by atoms with van der Waals surface area (Å²) in [6.07, 6.45) is 1.33. The van der Waals surface area contributed by atoms with Crippen LogP contribution in [0.5, 0.6) is 0 Å². The van der Waals surface area contributed by atoms with Gasteiger partial charge in [0.15, 0.2) is 5.78 Å². The molecule has 0 spiro atoms. The molecule has 2 N–H and O–H groups in total. The van der Waals surface area contributed by atoms with E-state index < -0.39 is 5.69 Å². The highest BCUT2D eigenvalue weighted by molar-refractivity contribution is 6.12. The van der Waals surface area contributed by atoms with Gasteiger partial charge in [0.05, 0.1) is 11.3 Å². The van der Waals surface area contributed by atoms with Crippen molar-refractivity contribution in [3.8, 4) is 11.3 Å². The zero-order valence-electron chi connectivity index (χ0n) is 11.6. The maximum Gasteiger partial charge on any atom is 0.366 e. The lowest BCUT2D eigenvalue weighted by atomic mass is 9.99. The fraction of sp³-hybridized carbons (Fsp3) is 0. The minimum absolute atomic E-state index is 0.230. The first-order valence-electron chi connectivity index (χ1n) is 6.71. The third kappa shape index (κ3) is 2.52. The number of carbonyl (C=O) groups excluding carboxylic acids is 1. The molecular weight excluding hydrogens is 278 g/mol. The minimum Gasteiger partial charge on any atom is -0.335 e. The van der Waals surface area contributed by atoms with E-state index in [0.717, 1.165) is 4.68 Å². The minimum atomic E-state index is -0.608. The molecule has 0 aliphatic rings. The van der Waals surface area contributed by atoms with Crippen molar-refractivity contribution in [1.29, 1.82) is 0 Å². The normalized spacial score (nSPS) is 10.4. The number of carbonyl (C=O) groups is 1. The number of benzene rings is 2. The van der Waals surface area contributed by atoms with Crippen LogP contribution in [0.1, 0.15) is 15.9 Å². The molecule has 1 aromatic heterocycles. The molecule has 5 nitrogen and oxygen atoms in total. The number of hydrogen-bond acceptors (Lipinski definition) is 4. The number of hydrogen-bond donors (Lipinski definition) is 1. The molecule has 0 saturated heterocycles. The van der Waals surface area contributed by atoms with Gasteiger partial charge in [-0.25, -0.2) is 9.47 Å². The van der Waals surface area contributed by atoms with E-state index in [1.165, 1.54) is 6.20 Å². The van der Waals surface area contributed by atoms with Crippen LogP contribution < -0.4 is 11.5 Å². The third-order valence-electron chi connectivity index (χ3n) is 3.28. The van der Waals surface area contributed by atoms with Crippen molar-refractivity contribution in [3.05, 3.63) is 88.5 Å². The molecule has 0 aliphatic carbocycles. The molecule has 5 heteroatoms. The maximum absolute atomic E-state index is 12.7. The molecule has 0 radical (unpaired) electrons. The molecule has 1 heterocycles. The highest BCUT2D eigenvalue weighted by Gasteiger charge is 2.18. The largest absolute Gasteiger partial charge is 0.366 e. The number of nitrogen functional groups attached to an aromatic ring is 1. The Morgan fingerprint density at radius 2 is 1.55 bits per heavy atom. The molecule has 0 fully saturated rings. The number of nitrogens with two attached hydrogens (primary N) is 1. The van der Waals surface area contributed by atoms with Crippen molar-refractivity contribution in [2.24, 2.45) is 0 Å². The smallest absolute Gasteiger partial charge is 0.335 e. The number of rotatable bonds is 3. The molecule has 0 unspecified atom stereocenters. The quantitative estimate of drug-likeness (QED) is 0.590. The zero-order valence-corrected chi connectivity index (χ0v) is 11.6. The SMILES string of the molecule is Nn1cc(C(=O)c2ccccc2)c(-c2ccccc2)nc1=O. The molecule has 22 heavy (non-hydrogen) atoms. The first-order valence-corrected chi connectivity index (χ1v) is 6.71. The molecule has 3 aromatic rings. The first kappa shape index (κ1) is 13.8. The highest BCUT2D eigenvalue weighted by atomic mass is 16.2. The van der Waals surface area contributed by atoms with Gasteiger partial charge in [-0.2, -0.15) is 4.98 Å². The molecular formula is C17H13N3O2. The van der Waals surface area contributed by atoms with E-state index >= 15 is 0 Å². The van der Waals surface area contributed by atoms with Gasteiger partial charge < -0.3 is 5.84 Å². The van der Waals surface area contributed by atoms with E-state index in [1.807, 2.05) is 24.3 Å². The molecule has 3 rings (SSSR count). The van der Waals surface area contributed by atoms with Crippen LogP contribution in [0.4, 0.5) is 0 Å². The maximum atomic E-state index is 12.7.